The van der Waals surface area contributed by atoms with E-state index in [0.29, 0.717) is 17.9 Å². The van der Waals surface area contributed by atoms with E-state index in [4.69, 9.17) is 0 Å². The van der Waals surface area contributed by atoms with Crippen LogP contribution >= 0.6 is 22.7 Å². The average Bonchev–Trinajstić information content (AvgIpc) is 2.86. The molecule has 8 heteroatoms. The van der Waals surface area contributed by atoms with Gasteiger partial charge in [-0.15, -0.1) is 21.5 Å². The molecule has 92 valence electrons. The summed E-state index contributed by atoms with van der Waals surface area (Å²) < 4.78 is 36.7. The van der Waals surface area contributed by atoms with Gasteiger partial charge in [0, 0.05) is 11.4 Å². The Morgan fingerprint density at radius 2 is 2.12 bits per heavy atom. The molecule has 1 N–H and O–H groups in total. The monoisotopic (exact) mass is 279 g/mol. The van der Waals surface area contributed by atoms with E-state index in [1.807, 2.05) is 17.5 Å². The second-order valence-corrected chi connectivity index (χ2v) is 5.18. The van der Waals surface area contributed by atoms with Gasteiger partial charge in [0.25, 0.3) is 0 Å². The Morgan fingerprint density at radius 1 is 1.29 bits per heavy atom. The van der Waals surface area contributed by atoms with Gasteiger partial charge in [0.1, 0.15) is 0 Å². The lowest BCUT2D eigenvalue weighted by atomic mass is 10.3. The molecule has 0 aromatic carbocycles. The zero-order valence-electron chi connectivity index (χ0n) is 8.49. The van der Waals surface area contributed by atoms with Crippen molar-refractivity contribution in [3.63, 3.8) is 0 Å². The molecule has 17 heavy (non-hydrogen) atoms. The number of halogens is 3. The molecule has 0 unspecified atom stereocenters. The third-order valence-corrected chi connectivity index (χ3v) is 3.76. The molecule has 2 aromatic rings. The lowest BCUT2D eigenvalue weighted by Gasteiger charge is -2.00. The smallest absolute Gasteiger partial charge is 0.360 e. The van der Waals surface area contributed by atoms with Gasteiger partial charge in [0.15, 0.2) is 0 Å². The second kappa shape index (κ2) is 5.01. The third kappa shape index (κ3) is 3.40. The van der Waals surface area contributed by atoms with Crippen LogP contribution in [0.4, 0.5) is 18.3 Å². The Kier molecular flexibility index (Phi) is 3.63. The molecule has 0 aliphatic rings. The molecule has 0 fully saturated rings. The molecule has 0 amide bonds. The van der Waals surface area contributed by atoms with E-state index in [9.17, 15) is 13.2 Å². The summed E-state index contributed by atoms with van der Waals surface area (Å²) in [6.45, 7) is 0.549. The number of nitrogens with one attached hydrogen (secondary N) is 1. The lowest BCUT2D eigenvalue weighted by molar-refractivity contribution is -0.138. The van der Waals surface area contributed by atoms with Crippen molar-refractivity contribution in [2.24, 2.45) is 0 Å². The number of hydrogen-bond acceptors (Lipinski definition) is 5. The number of rotatable bonds is 4. The molecular formula is C9H8F3N3S2. The van der Waals surface area contributed by atoms with Crippen molar-refractivity contribution in [1.29, 1.82) is 0 Å². The third-order valence-electron chi connectivity index (χ3n) is 1.90. The SMILES string of the molecule is FC(F)(F)c1nnc(NCCc2cccs2)s1. The molecule has 0 radical (unpaired) electrons. The number of hydrogen-bond donors (Lipinski definition) is 1. The summed E-state index contributed by atoms with van der Waals surface area (Å²) in [7, 11) is 0. The van der Waals surface area contributed by atoms with E-state index in [-0.39, 0.29) is 5.13 Å². The molecule has 0 atom stereocenters. The van der Waals surface area contributed by atoms with E-state index in [1.165, 1.54) is 4.88 Å². The van der Waals surface area contributed by atoms with Crippen LogP contribution in [0.15, 0.2) is 17.5 Å². The summed E-state index contributed by atoms with van der Waals surface area (Å²) in [6.07, 6.45) is -3.65. The van der Waals surface area contributed by atoms with Gasteiger partial charge in [-0.2, -0.15) is 13.2 Å². The minimum Gasteiger partial charge on any atom is -0.360 e. The fourth-order valence-corrected chi connectivity index (χ4v) is 2.50. The molecule has 2 rings (SSSR count). The number of alkyl halides is 3. The molecule has 2 aromatic heterocycles. The summed E-state index contributed by atoms with van der Waals surface area (Å²) in [5.74, 6) is 0. The first-order valence-electron chi connectivity index (χ1n) is 4.72. The van der Waals surface area contributed by atoms with Crippen molar-refractivity contribution in [2.45, 2.75) is 12.6 Å². The van der Waals surface area contributed by atoms with Gasteiger partial charge >= 0.3 is 6.18 Å². The Hall–Kier alpha value is -1.15. The number of nitrogens with zero attached hydrogens (tertiary/aromatic N) is 2. The first kappa shape index (κ1) is 12.3. The van der Waals surface area contributed by atoms with Crippen molar-refractivity contribution in [1.82, 2.24) is 10.2 Å². The van der Waals surface area contributed by atoms with Gasteiger partial charge in [-0.3, -0.25) is 0 Å². The van der Waals surface area contributed by atoms with Crippen LogP contribution in [0.25, 0.3) is 0 Å². The van der Waals surface area contributed by atoms with Crippen LogP contribution in [0.2, 0.25) is 0 Å². The Morgan fingerprint density at radius 3 is 2.71 bits per heavy atom. The van der Waals surface area contributed by atoms with Crippen LogP contribution in [-0.2, 0) is 12.6 Å². The van der Waals surface area contributed by atoms with Crippen LogP contribution in [-0.4, -0.2) is 16.7 Å². The van der Waals surface area contributed by atoms with Gasteiger partial charge in [0.2, 0.25) is 10.1 Å². The highest BCUT2D eigenvalue weighted by Crippen LogP contribution is 2.32. The lowest BCUT2D eigenvalue weighted by Crippen LogP contribution is -2.03. The highest BCUT2D eigenvalue weighted by atomic mass is 32.1. The fraction of sp³-hybridized carbons (Fsp3) is 0.333. The molecule has 0 saturated heterocycles. The molecule has 0 aliphatic carbocycles. The number of thiophene rings is 1. The van der Waals surface area contributed by atoms with Gasteiger partial charge in [-0.05, 0) is 17.9 Å². The van der Waals surface area contributed by atoms with Crippen molar-refractivity contribution < 1.29 is 13.2 Å². The van der Waals surface area contributed by atoms with Crippen molar-refractivity contribution in [3.8, 4) is 0 Å². The minimum atomic E-state index is -4.41. The number of aromatic nitrogens is 2. The molecule has 0 saturated carbocycles. The normalized spacial score (nSPS) is 11.7. The zero-order valence-corrected chi connectivity index (χ0v) is 10.1. The molecule has 0 aliphatic heterocycles. The molecule has 0 spiro atoms. The van der Waals surface area contributed by atoms with E-state index < -0.39 is 11.2 Å². The summed E-state index contributed by atoms with van der Waals surface area (Å²) in [5, 5.41) is 10.6. The summed E-state index contributed by atoms with van der Waals surface area (Å²) in [4.78, 5) is 1.18. The van der Waals surface area contributed by atoms with E-state index in [0.717, 1.165) is 6.42 Å². The maximum atomic E-state index is 12.2. The van der Waals surface area contributed by atoms with Crippen molar-refractivity contribution >= 4 is 27.8 Å². The summed E-state index contributed by atoms with van der Waals surface area (Å²) in [5.41, 5.74) is 0. The zero-order chi connectivity index (χ0) is 12.3. The Balaban J connectivity index is 1.85. The topological polar surface area (TPSA) is 37.8 Å². The van der Waals surface area contributed by atoms with Gasteiger partial charge in [0.05, 0.1) is 0 Å². The van der Waals surface area contributed by atoms with E-state index in [2.05, 4.69) is 15.5 Å². The average molecular weight is 279 g/mol. The minimum absolute atomic E-state index is 0.203. The second-order valence-electron chi connectivity index (χ2n) is 3.17. The molecule has 2 heterocycles. The highest BCUT2D eigenvalue weighted by molar-refractivity contribution is 7.15. The molecule has 3 nitrogen and oxygen atoms in total. The van der Waals surface area contributed by atoms with Crippen LogP contribution in [0.1, 0.15) is 9.88 Å². The standard InChI is InChI=1S/C9H8F3N3S2/c10-9(11,12)7-14-15-8(17-7)13-4-3-6-2-1-5-16-6/h1-2,5H,3-4H2,(H,13,15). The fourth-order valence-electron chi connectivity index (χ4n) is 1.16. The van der Waals surface area contributed by atoms with Crippen LogP contribution in [0.3, 0.4) is 0 Å². The van der Waals surface area contributed by atoms with Gasteiger partial charge in [-0.1, -0.05) is 17.4 Å². The van der Waals surface area contributed by atoms with Crippen LogP contribution in [0.5, 0.6) is 0 Å². The first-order valence-corrected chi connectivity index (χ1v) is 6.42. The Labute approximate surface area is 103 Å². The van der Waals surface area contributed by atoms with E-state index >= 15 is 0 Å². The maximum absolute atomic E-state index is 12.2. The number of anilines is 1. The first-order chi connectivity index (χ1) is 8.05. The van der Waals surface area contributed by atoms with Gasteiger partial charge < -0.3 is 5.32 Å². The van der Waals surface area contributed by atoms with Gasteiger partial charge in [-0.25, -0.2) is 0 Å². The van der Waals surface area contributed by atoms with E-state index in [1.54, 1.807) is 11.3 Å². The maximum Gasteiger partial charge on any atom is 0.445 e. The van der Waals surface area contributed by atoms with Crippen molar-refractivity contribution in [2.75, 3.05) is 11.9 Å². The van der Waals surface area contributed by atoms with Crippen LogP contribution in [0, 0.1) is 0 Å². The van der Waals surface area contributed by atoms with Crippen molar-refractivity contribution in [3.05, 3.63) is 27.4 Å². The summed E-state index contributed by atoms with van der Waals surface area (Å²) >= 11 is 2.14. The molecular weight excluding hydrogens is 271 g/mol. The highest BCUT2D eigenvalue weighted by Gasteiger charge is 2.35. The molecule has 0 bridgehead atoms. The van der Waals surface area contributed by atoms with Crippen LogP contribution < -0.4 is 5.32 Å². The largest absolute Gasteiger partial charge is 0.445 e. The quantitative estimate of drug-likeness (QED) is 0.933. The summed E-state index contributed by atoms with van der Waals surface area (Å²) in [6, 6.07) is 3.92. The predicted octanol–water partition coefficient (Wildman–Crippen LogP) is 3.27. The Bertz CT molecular complexity index is 464. The predicted molar refractivity (Wildman–Crippen MR) is 61.4 cm³/mol.